The number of benzene rings is 2. The average molecular weight is 364 g/mol. The predicted molar refractivity (Wildman–Crippen MR) is 103 cm³/mol. The van der Waals surface area contributed by atoms with Crippen molar-refractivity contribution < 1.29 is 9.34 Å². The van der Waals surface area contributed by atoms with Crippen LogP contribution in [0.2, 0.25) is 0 Å². The molecule has 0 saturated carbocycles. The third-order valence-electron chi connectivity index (χ3n) is 5.62. The Bertz CT molecular complexity index is 988. The van der Waals surface area contributed by atoms with E-state index in [2.05, 4.69) is 15.2 Å². The lowest BCUT2D eigenvalue weighted by atomic mass is 9.95. The van der Waals surface area contributed by atoms with Crippen molar-refractivity contribution in [2.45, 2.75) is 25.2 Å². The Balaban J connectivity index is 1.41. The van der Waals surface area contributed by atoms with Gasteiger partial charge in [-0.3, -0.25) is 10.1 Å². The highest BCUT2D eigenvalue weighted by Gasteiger charge is 2.31. The molecule has 138 valence electrons. The van der Waals surface area contributed by atoms with Gasteiger partial charge in [0.2, 0.25) is 0 Å². The number of fused-ring (bicyclic) bond motifs is 2. The number of para-hydroxylation sites is 2. The molecule has 1 N–H and O–H groups in total. The van der Waals surface area contributed by atoms with Crippen molar-refractivity contribution in [3.8, 4) is 0 Å². The van der Waals surface area contributed by atoms with Gasteiger partial charge in [0.15, 0.2) is 11.5 Å². The summed E-state index contributed by atoms with van der Waals surface area (Å²) in [7, 11) is 0. The summed E-state index contributed by atoms with van der Waals surface area (Å²) < 4.78 is 5.94. The standard InChI is InChI=1S/C20H20N4O3/c25-24(26)17-6-5-15-14(7-10-21-15)19(17)23-11-8-13(9-12-23)20-22-16-3-1-2-4-18(16)27-20/h1-6,13,21H,7-12H2. The Morgan fingerprint density at radius 3 is 2.78 bits per heavy atom. The quantitative estimate of drug-likeness (QED) is 0.557. The van der Waals surface area contributed by atoms with E-state index in [0.29, 0.717) is 0 Å². The number of aromatic nitrogens is 1. The smallest absolute Gasteiger partial charge is 0.292 e. The summed E-state index contributed by atoms with van der Waals surface area (Å²) in [5.74, 6) is 1.04. The van der Waals surface area contributed by atoms with Crippen molar-refractivity contribution in [3.63, 3.8) is 0 Å². The van der Waals surface area contributed by atoms with Gasteiger partial charge >= 0.3 is 0 Å². The molecule has 0 amide bonds. The number of hydrogen-bond acceptors (Lipinski definition) is 6. The number of anilines is 2. The minimum atomic E-state index is -0.263. The molecule has 7 nitrogen and oxygen atoms in total. The lowest BCUT2D eigenvalue weighted by molar-refractivity contribution is -0.384. The number of nitro groups is 1. The molecule has 2 aliphatic heterocycles. The van der Waals surface area contributed by atoms with Crippen LogP contribution in [-0.4, -0.2) is 29.5 Å². The van der Waals surface area contributed by atoms with Crippen molar-refractivity contribution in [1.82, 2.24) is 4.98 Å². The Hall–Kier alpha value is -3.09. The zero-order chi connectivity index (χ0) is 18.4. The van der Waals surface area contributed by atoms with Crippen LogP contribution in [0.5, 0.6) is 0 Å². The van der Waals surface area contributed by atoms with Gasteiger partial charge in [-0.1, -0.05) is 12.1 Å². The SMILES string of the molecule is O=[N+]([O-])c1ccc2c(c1N1CCC(c3nc4ccccc4o3)CC1)CCN2. The molecule has 3 aromatic rings. The summed E-state index contributed by atoms with van der Waals surface area (Å²) in [6.45, 7) is 2.37. The first-order chi connectivity index (χ1) is 13.2. The van der Waals surface area contributed by atoms with Crippen LogP contribution in [-0.2, 0) is 6.42 Å². The minimum absolute atomic E-state index is 0.206. The summed E-state index contributed by atoms with van der Waals surface area (Å²) >= 11 is 0. The zero-order valence-corrected chi connectivity index (χ0v) is 14.9. The summed E-state index contributed by atoms with van der Waals surface area (Å²) in [4.78, 5) is 18.1. The highest BCUT2D eigenvalue weighted by Crippen LogP contribution is 2.42. The molecule has 3 heterocycles. The number of nitrogens with zero attached hydrogens (tertiary/aromatic N) is 3. The van der Waals surface area contributed by atoms with Crippen molar-refractivity contribution in [2.24, 2.45) is 0 Å². The number of nitrogens with one attached hydrogen (secondary N) is 1. The molecular formula is C20H20N4O3. The molecule has 1 fully saturated rings. The Morgan fingerprint density at radius 2 is 2.00 bits per heavy atom. The van der Waals surface area contributed by atoms with Crippen LogP contribution in [0.3, 0.4) is 0 Å². The molecular weight excluding hydrogens is 344 g/mol. The fourth-order valence-corrected chi connectivity index (χ4v) is 4.28. The van der Waals surface area contributed by atoms with E-state index in [1.807, 2.05) is 30.3 Å². The van der Waals surface area contributed by atoms with Gasteiger partial charge < -0.3 is 14.6 Å². The molecule has 5 rings (SSSR count). The average Bonchev–Trinajstić information content (AvgIpc) is 3.33. The van der Waals surface area contributed by atoms with E-state index in [0.717, 1.165) is 72.8 Å². The second-order valence-electron chi connectivity index (χ2n) is 7.17. The Morgan fingerprint density at radius 1 is 1.19 bits per heavy atom. The summed E-state index contributed by atoms with van der Waals surface area (Å²) in [5.41, 5.74) is 4.80. The molecule has 2 aliphatic rings. The lowest BCUT2D eigenvalue weighted by Crippen LogP contribution is -2.34. The van der Waals surface area contributed by atoms with Crippen LogP contribution in [0.1, 0.15) is 30.2 Å². The van der Waals surface area contributed by atoms with Gasteiger partial charge in [0.05, 0.1) is 4.92 Å². The molecule has 2 aromatic carbocycles. The summed E-state index contributed by atoms with van der Waals surface area (Å²) in [6, 6.07) is 11.3. The first kappa shape index (κ1) is 16.1. The van der Waals surface area contributed by atoms with E-state index >= 15 is 0 Å². The van der Waals surface area contributed by atoms with Gasteiger partial charge in [-0.2, -0.15) is 0 Å². The Kier molecular flexibility index (Phi) is 3.74. The van der Waals surface area contributed by atoms with Gasteiger partial charge in [0.25, 0.3) is 5.69 Å². The number of hydrogen-bond donors (Lipinski definition) is 1. The second-order valence-corrected chi connectivity index (χ2v) is 7.17. The highest BCUT2D eigenvalue weighted by molar-refractivity contribution is 5.78. The normalized spacial score (nSPS) is 17.1. The summed E-state index contributed by atoms with van der Waals surface area (Å²) in [6.07, 6.45) is 2.58. The van der Waals surface area contributed by atoms with Crippen LogP contribution in [0.4, 0.5) is 17.1 Å². The fraction of sp³-hybridized carbons (Fsp3) is 0.350. The van der Waals surface area contributed by atoms with Crippen molar-refractivity contribution in [1.29, 1.82) is 0 Å². The van der Waals surface area contributed by atoms with E-state index < -0.39 is 0 Å². The Labute approximate surface area is 156 Å². The fourth-order valence-electron chi connectivity index (χ4n) is 4.28. The maximum Gasteiger partial charge on any atom is 0.292 e. The van der Waals surface area contributed by atoms with E-state index in [4.69, 9.17) is 4.42 Å². The lowest BCUT2D eigenvalue weighted by Gasteiger charge is -2.33. The van der Waals surface area contributed by atoms with Gasteiger partial charge in [-0.25, -0.2) is 4.98 Å². The molecule has 0 atom stereocenters. The number of rotatable bonds is 3. The molecule has 27 heavy (non-hydrogen) atoms. The molecule has 0 bridgehead atoms. The minimum Gasteiger partial charge on any atom is -0.440 e. The zero-order valence-electron chi connectivity index (χ0n) is 14.9. The molecule has 0 aliphatic carbocycles. The third kappa shape index (κ3) is 2.70. The second kappa shape index (κ2) is 6.26. The van der Waals surface area contributed by atoms with E-state index in [1.165, 1.54) is 0 Å². The highest BCUT2D eigenvalue weighted by atomic mass is 16.6. The molecule has 0 spiro atoms. The first-order valence-corrected chi connectivity index (χ1v) is 9.35. The van der Waals surface area contributed by atoms with Crippen molar-refractivity contribution >= 4 is 28.2 Å². The molecule has 1 aromatic heterocycles. The van der Waals surface area contributed by atoms with E-state index in [-0.39, 0.29) is 16.5 Å². The molecule has 0 radical (unpaired) electrons. The molecule has 0 unspecified atom stereocenters. The topological polar surface area (TPSA) is 84.4 Å². The van der Waals surface area contributed by atoms with Crippen LogP contribution in [0, 0.1) is 10.1 Å². The summed E-state index contributed by atoms with van der Waals surface area (Å²) in [5, 5.41) is 14.9. The molecule has 1 saturated heterocycles. The largest absolute Gasteiger partial charge is 0.440 e. The monoisotopic (exact) mass is 364 g/mol. The number of piperidine rings is 1. The van der Waals surface area contributed by atoms with Gasteiger partial charge in [0.1, 0.15) is 11.2 Å². The maximum absolute atomic E-state index is 11.6. The first-order valence-electron chi connectivity index (χ1n) is 9.35. The number of nitro benzene ring substituents is 1. The van der Waals surface area contributed by atoms with Gasteiger partial charge in [0, 0.05) is 42.9 Å². The van der Waals surface area contributed by atoms with Crippen LogP contribution < -0.4 is 10.2 Å². The van der Waals surface area contributed by atoms with Crippen LogP contribution >= 0.6 is 0 Å². The predicted octanol–water partition coefficient (Wildman–Crippen LogP) is 4.09. The van der Waals surface area contributed by atoms with Crippen LogP contribution in [0.25, 0.3) is 11.1 Å². The number of oxazole rings is 1. The maximum atomic E-state index is 11.6. The van der Waals surface area contributed by atoms with Gasteiger partial charge in [-0.15, -0.1) is 0 Å². The van der Waals surface area contributed by atoms with Crippen LogP contribution in [0.15, 0.2) is 40.8 Å². The third-order valence-corrected chi connectivity index (χ3v) is 5.62. The molecule has 7 heteroatoms. The van der Waals surface area contributed by atoms with Crippen molar-refractivity contribution in [3.05, 3.63) is 58.0 Å². The van der Waals surface area contributed by atoms with E-state index in [1.54, 1.807) is 6.07 Å². The van der Waals surface area contributed by atoms with Crippen molar-refractivity contribution in [2.75, 3.05) is 29.9 Å². The van der Waals surface area contributed by atoms with Gasteiger partial charge in [-0.05, 0) is 37.5 Å². The van der Waals surface area contributed by atoms with E-state index in [9.17, 15) is 10.1 Å².